The summed E-state index contributed by atoms with van der Waals surface area (Å²) in [6.45, 7) is 2.86. The second-order valence-electron chi connectivity index (χ2n) is 5.31. The molecule has 1 aliphatic rings. The van der Waals surface area contributed by atoms with Gasteiger partial charge in [-0.15, -0.1) is 0 Å². The van der Waals surface area contributed by atoms with E-state index >= 15 is 0 Å². The molecule has 1 aliphatic heterocycles. The number of amides is 2. The van der Waals surface area contributed by atoms with Crippen LogP contribution in [0, 0.1) is 0 Å². The Kier molecular flexibility index (Phi) is 3.62. The van der Waals surface area contributed by atoms with E-state index < -0.39 is 0 Å². The van der Waals surface area contributed by atoms with E-state index in [2.05, 4.69) is 4.98 Å². The third-order valence-corrected chi connectivity index (χ3v) is 3.84. The summed E-state index contributed by atoms with van der Waals surface area (Å²) in [7, 11) is 0. The van der Waals surface area contributed by atoms with Crippen LogP contribution in [0.3, 0.4) is 0 Å². The molecular formula is C15H18N4O2. The summed E-state index contributed by atoms with van der Waals surface area (Å²) in [6.07, 6.45) is 1.86. The second kappa shape index (κ2) is 5.57. The zero-order valence-corrected chi connectivity index (χ0v) is 11.7. The Bertz CT molecular complexity index is 671. The highest BCUT2D eigenvalue weighted by molar-refractivity contribution is 5.98. The maximum atomic E-state index is 12.5. The molecule has 2 aromatic rings. The summed E-state index contributed by atoms with van der Waals surface area (Å²) in [5.74, 6) is -0.294. The number of rotatable bonds is 3. The number of aromatic nitrogens is 1. The van der Waals surface area contributed by atoms with Gasteiger partial charge in [0.2, 0.25) is 5.91 Å². The summed E-state index contributed by atoms with van der Waals surface area (Å²) in [5.41, 5.74) is 6.84. The predicted octanol–water partition coefficient (Wildman–Crippen LogP) is 0.411. The Balaban J connectivity index is 1.67. The van der Waals surface area contributed by atoms with Crippen LogP contribution < -0.4 is 5.73 Å². The topological polar surface area (TPSA) is 82.4 Å². The molecule has 2 amide bonds. The number of carbonyl (C=O) groups is 2. The molecule has 1 fully saturated rings. The summed E-state index contributed by atoms with van der Waals surface area (Å²) in [5, 5.41) is 1.10. The third kappa shape index (κ3) is 2.90. The van der Waals surface area contributed by atoms with Crippen molar-refractivity contribution in [1.82, 2.24) is 14.8 Å². The maximum absolute atomic E-state index is 12.5. The van der Waals surface area contributed by atoms with Gasteiger partial charge in [0, 0.05) is 43.5 Å². The van der Waals surface area contributed by atoms with Gasteiger partial charge in [0.05, 0.1) is 6.54 Å². The van der Waals surface area contributed by atoms with E-state index in [4.69, 9.17) is 5.73 Å². The molecule has 0 unspecified atom stereocenters. The number of aromatic amines is 1. The number of primary amides is 1. The molecule has 21 heavy (non-hydrogen) atoms. The smallest absolute Gasteiger partial charge is 0.254 e. The van der Waals surface area contributed by atoms with Crippen molar-refractivity contribution in [2.45, 2.75) is 0 Å². The summed E-state index contributed by atoms with van der Waals surface area (Å²) >= 11 is 0. The van der Waals surface area contributed by atoms with E-state index in [9.17, 15) is 9.59 Å². The Morgan fingerprint density at radius 2 is 1.90 bits per heavy atom. The lowest BCUT2D eigenvalue weighted by molar-refractivity contribution is -0.119. The molecule has 0 bridgehead atoms. The molecule has 0 spiro atoms. The second-order valence-corrected chi connectivity index (χ2v) is 5.31. The fourth-order valence-corrected chi connectivity index (χ4v) is 2.69. The number of nitrogens with two attached hydrogens (primary N) is 1. The molecule has 2 heterocycles. The lowest BCUT2D eigenvalue weighted by atomic mass is 10.1. The molecule has 6 heteroatoms. The zero-order chi connectivity index (χ0) is 14.8. The highest BCUT2D eigenvalue weighted by atomic mass is 16.2. The predicted molar refractivity (Wildman–Crippen MR) is 79.8 cm³/mol. The van der Waals surface area contributed by atoms with Crippen molar-refractivity contribution in [2.75, 3.05) is 32.7 Å². The quantitative estimate of drug-likeness (QED) is 0.857. The fourth-order valence-electron chi connectivity index (χ4n) is 2.69. The number of hydrogen-bond acceptors (Lipinski definition) is 3. The van der Waals surface area contributed by atoms with Gasteiger partial charge in [0.25, 0.3) is 5.91 Å². The minimum absolute atomic E-state index is 0.0326. The van der Waals surface area contributed by atoms with Crippen LogP contribution >= 0.6 is 0 Å². The highest BCUT2D eigenvalue weighted by Crippen LogP contribution is 2.16. The number of nitrogens with zero attached hydrogens (tertiary/aromatic N) is 2. The molecule has 110 valence electrons. The van der Waals surface area contributed by atoms with Gasteiger partial charge in [-0.1, -0.05) is 6.07 Å². The van der Waals surface area contributed by atoms with Crippen molar-refractivity contribution in [2.24, 2.45) is 5.73 Å². The van der Waals surface area contributed by atoms with E-state index in [0.717, 1.165) is 10.9 Å². The van der Waals surface area contributed by atoms with Crippen LogP contribution in [-0.4, -0.2) is 59.3 Å². The minimum Gasteiger partial charge on any atom is -0.369 e. The average Bonchev–Trinajstić information content (AvgIpc) is 2.94. The standard InChI is InChI=1S/C15H18N4O2/c16-14(20)10-18-5-7-19(8-6-18)15(21)12-2-1-11-3-4-17-13(11)9-12/h1-4,9,17H,5-8,10H2,(H2,16,20). The summed E-state index contributed by atoms with van der Waals surface area (Å²) < 4.78 is 0. The van der Waals surface area contributed by atoms with Gasteiger partial charge < -0.3 is 15.6 Å². The number of hydrogen-bond donors (Lipinski definition) is 2. The Hall–Kier alpha value is -2.34. The highest BCUT2D eigenvalue weighted by Gasteiger charge is 2.22. The van der Waals surface area contributed by atoms with Gasteiger partial charge in [-0.3, -0.25) is 14.5 Å². The number of fused-ring (bicyclic) bond motifs is 1. The SMILES string of the molecule is NC(=O)CN1CCN(C(=O)c2ccc3cc[nH]c3c2)CC1. The zero-order valence-electron chi connectivity index (χ0n) is 11.7. The average molecular weight is 286 g/mol. The van der Waals surface area contributed by atoms with E-state index in [1.807, 2.05) is 40.3 Å². The molecule has 0 aliphatic carbocycles. The van der Waals surface area contributed by atoms with Gasteiger partial charge in [-0.2, -0.15) is 0 Å². The van der Waals surface area contributed by atoms with Crippen molar-refractivity contribution < 1.29 is 9.59 Å². The first kappa shape index (κ1) is 13.6. The summed E-state index contributed by atoms with van der Waals surface area (Å²) in [4.78, 5) is 30.3. The van der Waals surface area contributed by atoms with Gasteiger partial charge in [0.15, 0.2) is 0 Å². The van der Waals surface area contributed by atoms with Crippen LogP contribution in [0.2, 0.25) is 0 Å². The molecule has 1 aromatic carbocycles. The number of H-pyrrole nitrogens is 1. The van der Waals surface area contributed by atoms with Gasteiger partial charge in [-0.05, 0) is 23.6 Å². The Labute approximate surface area is 122 Å². The fraction of sp³-hybridized carbons (Fsp3) is 0.333. The van der Waals surface area contributed by atoms with E-state index in [0.29, 0.717) is 31.7 Å². The number of benzene rings is 1. The molecular weight excluding hydrogens is 268 g/mol. The van der Waals surface area contributed by atoms with Crippen molar-refractivity contribution in [3.8, 4) is 0 Å². The van der Waals surface area contributed by atoms with Crippen LogP contribution in [-0.2, 0) is 4.79 Å². The molecule has 3 rings (SSSR count). The molecule has 0 atom stereocenters. The maximum Gasteiger partial charge on any atom is 0.254 e. The minimum atomic E-state index is -0.327. The van der Waals surface area contributed by atoms with Crippen molar-refractivity contribution in [1.29, 1.82) is 0 Å². The Morgan fingerprint density at radius 1 is 1.14 bits per heavy atom. The monoisotopic (exact) mass is 286 g/mol. The van der Waals surface area contributed by atoms with Crippen LogP contribution in [0.4, 0.5) is 0 Å². The van der Waals surface area contributed by atoms with Crippen LogP contribution in [0.5, 0.6) is 0 Å². The van der Waals surface area contributed by atoms with E-state index in [1.54, 1.807) is 0 Å². The first-order chi connectivity index (χ1) is 10.1. The van der Waals surface area contributed by atoms with Crippen LogP contribution in [0.15, 0.2) is 30.5 Å². The number of piperazine rings is 1. The van der Waals surface area contributed by atoms with Crippen molar-refractivity contribution in [3.05, 3.63) is 36.0 Å². The first-order valence-electron chi connectivity index (χ1n) is 7.00. The van der Waals surface area contributed by atoms with Gasteiger partial charge in [0.1, 0.15) is 0 Å². The van der Waals surface area contributed by atoms with Gasteiger partial charge >= 0.3 is 0 Å². The lowest BCUT2D eigenvalue weighted by Gasteiger charge is -2.34. The largest absolute Gasteiger partial charge is 0.369 e. The van der Waals surface area contributed by atoms with E-state index in [1.165, 1.54) is 0 Å². The van der Waals surface area contributed by atoms with Crippen molar-refractivity contribution >= 4 is 22.7 Å². The van der Waals surface area contributed by atoms with Gasteiger partial charge in [-0.25, -0.2) is 0 Å². The molecule has 0 saturated carbocycles. The number of nitrogens with one attached hydrogen (secondary N) is 1. The molecule has 6 nitrogen and oxygen atoms in total. The van der Waals surface area contributed by atoms with Crippen LogP contribution in [0.1, 0.15) is 10.4 Å². The Morgan fingerprint density at radius 3 is 2.62 bits per heavy atom. The molecule has 1 aromatic heterocycles. The lowest BCUT2D eigenvalue weighted by Crippen LogP contribution is -2.50. The normalized spacial score (nSPS) is 16.3. The van der Waals surface area contributed by atoms with E-state index in [-0.39, 0.29) is 18.4 Å². The molecule has 3 N–H and O–H groups in total. The summed E-state index contributed by atoms with van der Waals surface area (Å²) in [6, 6.07) is 7.66. The number of carbonyl (C=O) groups excluding carboxylic acids is 2. The molecule has 0 radical (unpaired) electrons. The third-order valence-electron chi connectivity index (χ3n) is 3.84. The van der Waals surface area contributed by atoms with Crippen LogP contribution in [0.25, 0.3) is 10.9 Å². The molecule has 1 saturated heterocycles. The first-order valence-corrected chi connectivity index (χ1v) is 7.00. The van der Waals surface area contributed by atoms with Crippen molar-refractivity contribution in [3.63, 3.8) is 0 Å².